The molecule has 0 spiro atoms. The Labute approximate surface area is 131 Å². The zero-order valence-corrected chi connectivity index (χ0v) is 13.1. The van der Waals surface area contributed by atoms with Crippen LogP contribution in [0.5, 0.6) is 5.75 Å². The van der Waals surface area contributed by atoms with Crippen LogP contribution in [0.25, 0.3) is 0 Å². The molecule has 3 nitrogen and oxygen atoms in total. The highest BCUT2D eigenvalue weighted by Crippen LogP contribution is 2.22. The van der Waals surface area contributed by atoms with Crippen molar-refractivity contribution < 1.29 is 4.74 Å². The van der Waals surface area contributed by atoms with Gasteiger partial charge in [0.05, 0.1) is 6.10 Å². The summed E-state index contributed by atoms with van der Waals surface area (Å²) < 4.78 is 5.65. The van der Waals surface area contributed by atoms with Gasteiger partial charge >= 0.3 is 0 Å². The van der Waals surface area contributed by atoms with E-state index in [-0.39, 0.29) is 12.1 Å². The molecule has 0 amide bonds. The second kappa shape index (κ2) is 7.46. The number of halogens is 1. The van der Waals surface area contributed by atoms with E-state index in [0.29, 0.717) is 0 Å². The smallest absolute Gasteiger partial charge is 0.119 e. The molecule has 0 bridgehead atoms. The maximum atomic E-state index is 6.02. The molecule has 0 radical (unpaired) electrons. The van der Waals surface area contributed by atoms with E-state index in [9.17, 15) is 0 Å². The number of rotatable bonds is 6. The first-order valence-corrected chi connectivity index (χ1v) is 7.43. The van der Waals surface area contributed by atoms with E-state index < -0.39 is 0 Å². The summed E-state index contributed by atoms with van der Waals surface area (Å²) >= 11 is 6.02. The number of hydrogen-bond donors (Lipinski definition) is 2. The predicted molar refractivity (Wildman–Crippen MR) is 87.4 cm³/mol. The van der Waals surface area contributed by atoms with Crippen molar-refractivity contribution in [2.24, 2.45) is 5.84 Å². The first-order valence-electron chi connectivity index (χ1n) is 7.05. The Kier molecular flexibility index (Phi) is 5.62. The highest BCUT2D eigenvalue weighted by Gasteiger charge is 2.11. The van der Waals surface area contributed by atoms with Crippen LogP contribution in [0.4, 0.5) is 0 Å². The van der Waals surface area contributed by atoms with Crippen molar-refractivity contribution in [1.29, 1.82) is 0 Å². The number of nitrogens with one attached hydrogen (secondary N) is 1. The minimum Gasteiger partial charge on any atom is -0.491 e. The van der Waals surface area contributed by atoms with Crippen molar-refractivity contribution in [3.8, 4) is 5.75 Å². The number of benzene rings is 2. The van der Waals surface area contributed by atoms with Crippen LogP contribution < -0.4 is 16.0 Å². The average Bonchev–Trinajstić information content (AvgIpc) is 2.45. The Bertz CT molecular complexity index is 569. The summed E-state index contributed by atoms with van der Waals surface area (Å²) in [6.07, 6.45) is 0.951. The number of nitrogens with two attached hydrogens (primary N) is 1. The molecular weight excluding hydrogens is 284 g/mol. The highest BCUT2D eigenvalue weighted by molar-refractivity contribution is 6.30. The van der Waals surface area contributed by atoms with Crippen LogP contribution in [-0.4, -0.2) is 6.10 Å². The van der Waals surface area contributed by atoms with Crippen LogP contribution >= 0.6 is 11.6 Å². The Balaban J connectivity index is 2.10. The lowest BCUT2D eigenvalue weighted by atomic mass is 9.99. The molecule has 21 heavy (non-hydrogen) atoms. The van der Waals surface area contributed by atoms with Crippen LogP contribution in [0.15, 0.2) is 48.5 Å². The van der Waals surface area contributed by atoms with Gasteiger partial charge in [0.15, 0.2) is 0 Å². The summed E-state index contributed by atoms with van der Waals surface area (Å²) in [5.74, 6) is 6.56. The molecule has 0 aliphatic carbocycles. The van der Waals surface area contributed by atoms with Crippen LogP contribution in [-0.2, 0) is 6.42 Å². The minimum atomic E-state index is 0.0385. The summed E-state index contributed by atoms with van der Waals surface area (Å²) in [6.45, 7) is 4.02. The van der Waals surface area contributed by atoms with Crippen molar-refractivity contribution in [2.75, 3.05) is 0 Å². The van der Waals surface area contributed by atoms with Gasteiger partial charge in [-0.25, -0.2) is 0 Å². The van der Waals surface area contributed by atoms with Crippen LogP contribution in [0, 0.1) is 0 Å². The molecule has 2 aromatic rings. The van der Waals surface area contributed by atoms with Gasteiger partial charge in [-0.05, 0) is 55.7 Å². The average molecular weight is 305 g/mol. The van der Waals surface area contributed by atoms with Gasteiger partial charge in [-0.2, -0.15) is 0 Å². The standard InChI is InChI=1S/C17H21ClN2O/c1-12(2)21-16-8-6-14(7-9-16)17(20-19)11-13-4-3-5-15(18)10-13/h3-10,12,17,20H,11,19H2,1-2H3. The lowest BCUT2D eigenvalue weighted by molar-refractivity contribution is 0.242. The summed E-state index contributed by atoms with van der Waals surface area (Å²) in [6, 6.07) is 15.9. The van der Waals surface area contributed by atoms with Gasteiger partial charge in [-0.15, -0.1) is 0 Å². The van der Waals surface area contributed by atoms with E-state index in [0.717, 1.165) is 28.3 Å². The van der Waals surface area contributed by atoms with Crippen molar-refractivity contribution in [1.82, 2.24) is 5.43 Å². The molecule has 2 rings (SSSR count). The SMILES string of the molecule is CC(C)Oc1ccc(C(Cc2cccc(Cl)c2)NN)cc1. The first-order chi connectivity index (χ1) is 10.1. The van der Waals surface area contributed by atoms with E-state index in [1.807, 2.05) is 62.4 Å². The van der Waals surface area contributed by atoms with Gasteiger partial charge in [-0.1, -0.05) is 35.9 Å². The minimum absolute atomic E-state index is 0.0385. The van der Waals surface area contributed by atoms with Gasteiger partial charge < -0.3 is 4.74 Å². The molecule has 0 heterocycles. The van der Waals surface area contributed by atoms with Crippen molar-refractivity contribution >= 4 is 11.6 Å². The van der Waals surface area contributed by atoms with E-state index in [2.05, 4.69) is 5.43 Å². The Morgan fingerprint density at radius 3 is 2.43 bits per heavy atom. The highest BCUT2D eigenvalue weighted by atomic mass is 35.5. The number of hydrazine groups is 1. The van der Waals surface area contributed by atoms with E-state index in [1.54, 1.807) is 0 Å². The van der Waals surface area contributed by atoms with Crippen LogP contribution in [0.3, 0.4) is 0 Å². The lowest BCUT2D eigenvalue weighted by Gasteiger charge is -2.17. The molecule has 0 saturated heterocycles. The second-order valence-electron chi connectivity index (χ2n) is 5.29. The summed E-state index contributed by atoms with van der Waals surface area (Å²) in [7, 11) is 0. The number of hydrogen-bond acceptors (Lipinski definition) is 3. The Hall–Kier alpha value is -1.55. The fourth-order valence-corrected chi connectivity index (χ4v) is 2.44. The normalized spacial score (nSPS) is 12.4. The molecule has 0 aromatic heterocycles. The van der Waals surface area contributed by atoms with Crippen molar-refractivity contribution in [3.05, 3.63) is 64.7 Å². The molecular formula is C17H21ClN2O. The van der Waals surface area contributed by atoms with Crippen molar-refractivity contribution in [2.45, 2.75) is 32.4 Å². The van der Waals surface area contributed by atoms with E-state index >= 15 is 0 Å². The molecule has 2 aromatic carbocycles. The largest absolute Gasteiger partial charge is 0.491 e. The summed E-state index contributed by atoms with van der Waals surface area (Å²) in [5, 5.41) is 0.740. The molecule has 0 saturated carbocycles. The molecule has 3 N–H and O–H groups in total. The topological polar surface area (TPSA) is 47.3 Å². The zero-order chi connectivity index (χ0) is 15.2. The maximum absolute atomic E-state index is 6.02. The first kappa shape index (κ1) is 15.8. The zero-order valence-electron chi connectivity index (χ0n) is 12.3. The van der Waals surface area contributed by atoms with Gasteiger partial charge in [0.25, 0.3) is 0 Å². The van der Waals surface area contributed by atoms with Crippen LogP contribution in [0.2, 0.25) is 5.02 Å². The molecule has 1 atom stereocenters. The fraction of sp³-hybridized carbons (Fsp3) is 0.294. The van der Waals surface area contributed by atoms with Gasteiger partial charge in [0.1, 0.15) is 5.75 Å². The monoisotopic (exact) mass is 304 g/mol. The van der Waals surface area contributed by atoms with E-state index in [4.69, 9.17) is 22.2 Å². The Morgan fingerprint density at radius 2 is 1.86 bits per heavy atom. The summed E-state index contributed by atoms with van der Waals surface area (Å²) in [4.78, 5) is 0. The molecule has 1 unspecified atom stereocenters. The third-order valence-corrected chi connectivity index (χ3v) is 3.42. The fourth-order valence-electron chi connectivity index (χ4n) is 2.22. The molecule has 112 valence electrons. The predicted octanol–water partition coefficient (Wildman–Crippen LogP) is 3.87. The van der Waals surface area contributed by atoms with Gasteiger partial charge in [0.2, 0.25) is 0 Å². The quantitative estimate of drug-likeness (QED) is 0.629. The third-order valence-electron chi connectivity index (χ3n) is 3.18. The molecule has 4 heteroatoms. The van der Waals surface area contributed by atoms with Crippen molar-refractivity contribution in [3.63, 3.8) is 0 Å². The van der Waals surface area contributed by atoms with E-state index in [1.165, 1.54) is 0 Å². The Morgan fingerprint density at radius 1 is 1.14 bits per heavy atom. The molecule has 0 aliphatic rings. The van der Waals surface area contributed by atoms with Gasteiger partial charge in [0, 0.05) is 11.1 Å². The maximum Gasteiger partial charge on any atom is 0.119 e. The molecule has 0 aliphatic heterocycles. The number of ether oxygens (including phenoxy) is 1. The lowest BCUT2D eigenvalue weighted by Crippen LogP contribution is -2.29. The van der Waals surface area contributed by atoms with Crippen LogP contribution in [0.1, 0.15) is 31.0 Å². The second-order valence-corrected chi connectivity index (χ2v) is 5.73. The third kappa shape index (κ3) is 4.74. The van der Waals surface area contributed by atoms with Gasteiger partial charge in [-0.3, -0.25) is 11.3 Å². The molecule has 0 fully saturated rings. The summed E-state index contributed by atoms with van der Waals surface area (Å²) in [5.41, 5.74) is 5.13.